The fourth-order valence-electron chi connectivity index (χ4n) is 1.28. The number of ether oxygens (including phenoxy) is 1. The molecule has 2 N–H and O–H groups in total. The first-order chi connectivity index (χ1) is 6.91. The topological polar surface area (TPSA) is 52.3 Å². The van der Waals surface area contributed by atoms with Gasteiger partial charge in [-0.3, -0.25) is 4.79 Å². The Hall–Kier alpha value is -1.65. The van der Waals surface area contributed by atoms with Crippen LogP contribution in [0.4, 0.5) is 14.5 Å². The molecule has 0 aromatic heterocycles. The van der Waals surface area contributed by atoms with E-state index in [1.165, 1.54) is 19.1 Å². The lowest BCUT2D eigenvalue weighted by molar-refractivity contribution is -0.0493. The maximum atomic E-state index is 11.9. The van der Waals surface area contributed by atoms with Crippen molar-refractivity contribution in [2.24, 2.45) is 0 Å². The molecule has 1 aromatic rings. The van der Waals surface area contributed by atoms with E-state index in [4.69, 9.17) is 5.73 Å². The number of alkyl halides is 2. The van der Waals surface area contributed by atoms with Gasteiger partial charge in [0.05, 0.1) is 5.69 Å². The molecule has 5 heteroatoms. The fourth-order valence-corrected chi connectivity index (χ4v) is 1.28. The Kier molecular flexibility index (Phi) is 3.24. The van der Waals surface area contributed by atoms with Gasteiger partial charge in [0.1, 0.15) is 5.75 Å². The highest BCUT2D eigenvalue weighted by atomic mass is 19.3. The average molecular weight is 215 g/mol. The van der Waals surface area contributed by atoms with Gasteiger partial charge in [-0.2, -0.15) is 8.78 Å². The molecule has 0 aliphatic rings. The van der Waals surface area contributed by atoms with E-state index in [1.54, 1.807) is 6.92 Å². The summed E-state index contributed by atoms with van der Waals surface area (Å²) in [5.41, 5.74) is 6.47. The number of nitrogens with two attached hydrogens (primary N) is 1. The molecule has 0 radical (unpaired) electrons. The van der Waals surface area contributed by atoms with Crippen molar-refractivity contribution >= 4 is 11.5 Å². The Balaban J connectivity index is 3.13. The smallest absolute Gasteiger partial charge is 0.387 e. The largest absolute Gasteiger partial charge is 0.433 e. The monoisotopic (exact) mass is 215 g/mol. The van der Waals surface area contributed by atoms with E-state index in [1.807, 2.05) is 0 Å². The molecular weight excluding hydrogens is 204 g/mol. The van der Waals surface area contributed by atoms with Crippen molar-refractivity contribution in [3.05, 3.63) is 23.3 Å². The summed E-state index contributed by atoms with van der Waals surface area (Å²) in [6.07, 6.45) is 0. The van der Waals surface area contributed by atoms with Crippen molar-refractivity contribution in [1.82, 2.24) is 0 Å². The number of aryl methyl sites for hydroxylation is 1. The Morgan fingerprint density at radius 3 is 2.53 bits per heavy atom. The highest BCUT2D eigenvalue weighted by Gasteiger charge is 2.12. The van der Waals surface area contributed by atoms with E-state index in [9.17, 15) is 13.6 Å². The molecule has 0 amide bonds. The molecule has 1 rings (SSSR count). The minimum Gasteiger partial charge on any atom is -0.433 e. The summed E-state index contributed by atoms with van der Waals surface area (Å²) < 4.78 is 28.1. The molecule has 0 fully saturated rings. The van der Waals surface area contributed by atoms with Crippen LogP contribution in [-0.4, -0.2) is 12.4 Å². The van der Waals surface area contributed by atoms with Gasteiger partial charge in [-0.25, -0.2) is 0 Å². The zero-order valence-corrected chi connectivity index (χ0v) is 8.38. The molecule has 1 aromatic carbocycles. The SMILES string of the molecule is CC(=O)c1cc(N)c(OC(F)F)cc1C. The number of Topliss-reactive ketones (excluding diaryl/α,β-unsaturated/α-hetero) is 1. The number of nitrogen functional groups attached to an aromatic ring is 1. The second kappa shape index (κ2) is 4.25. The molecule has 0 saturated heterocycles. The molecule has 0 atom stereocenters. The summed E-state index contributed by atoms with van der Waals surface area (Å²) in [5.74, 6) is -0.268. The quantitative estimate of drug-likeness (QED) is 0.622. The van der Waals surface area contributed by atoms with Crippen molar-refractivity contribution in [2.75, 3.05) is 5.73 Å². The number of halogens is 2. The van der Waals surface area contributed by atoms with Gasteiger partial charge in [0, 0.05) is 5.56 Å². The summed E-state index contributed by atoms with van der Waals surface area (Å²) in [5, 5.41) is 0. The first kappa shape index (κ1) is 11.4. The minimum absolute atomic E-state index is 0.0334. The zero-order chi connectivity index (χ0) is 11.6. The highest BCUT2D eigenvalue weighted by Crippen LogP contribution is 2.27. The fraction of sp³-hybridized carbons (Fsp3) is 0.300. The van der Waals surface area contributed by atoms with E-state index in [0.717, 1.165) is 0 Å². The molecule has 15 heavy (non-hydrogen) atoms. The zero-order valence-electron chi connectivity index (χ0n) is 8.38. The van der Waals surface area contributed by atoms with Crippen LogP contribution in [0.25, 0.3) is 0 Å². The molecule has 0 spiro atoms. The first-order valence-corrected chi connectivity index (χ1v) is 4.27. The van der Waals surface area contributed by atoms with Crippen molar-refractivity contribution in [1.29, 1.82) is 0 Å². The molecule has 3 nitrogen and oxygen atoms in total. The number of ketones is 1. The number of carbonyl (C=O) groups excluding carboxylic acids is 1. The van der Waals surface area contributed by atoms with Gasteiger partial charge in [-0.15, -0.1) is 0 Å². The Morgan fingerprint density at radius 2 is 2.07 bits per heavy atom. The summed E-state index contributed by atoms with van der Waals surface area (Å²) in [6, 6.07) is 2.67. The van der Waals surface area contributed by atoms with Crippen LogP contribution in [0.2, 0.25) is 0 Å². The average Bonchev–Trinajstić information content (AvgIpc) is 2.09. The van der Waals surface area contributed by atoms with Gasteiger partial charge in [-0.1, -0.05) is 0 Å². The lowest BCUT2D eigenvalue weighted by Crippen LogP contribution is -2.06. The minimum atomic E-state index is -2.92. The molecule has 0 heterocycles. The van der Waals surface area contributed by atoms with Gasteiger partial charge in [0.25, 0.3) is 0 Å². The Labute approximate surface area is 85.8 Å². The van der Waals surface area contributed by atoms with Crippen molar-refractivity contribution < 1.29 is 18.3 Å². The van der Waals surface area contributed by atoms with Gasteiger partial charge in [-0.05, 0) is 31.5 Å². The Morgan fingerprint density at radius 1 is 1.47 bits per heavy atom. The van der Waals surface area contributed by atoms with Crippen molar-refractivity contribution in [2.45, 2.75) is 20.5 Å². The van der Waals surface area contributed by atoms with Gasteiger partial charge in [0.15, 0.2) is 5.78 Å². The molecule has 0 bridgehead atoms. The third kappa shape index (κ3) is 2.65. The number of rotatable bonds is 3. The number of hydrogen-bond donors (Lipinski definition) is 1. The first-order valence-electron chi connectivity index (χ1n) is 4.27. The standard InChI is InChI=1S/C10H11F2NO2/c1-5-3-9(15-10(11)12)8(13)4-7(5)6(2)14/h3-4,10H,13H2,1-2H3. The third-order valence-corrected chi connectivity index (χ3v) is 1.95. The summed E-state index contributed by atoms with van der Waals surface area (Å²) in [7, 11) is 0. The van der Waals surface area contributed by atoms with Gasteiger partial charge < -0.3 is 10.5 Å². The molecule has 0 saturated carbocycles. The number of benzene rings is 1. The predicted octanol–water partition coefficient (Wildman–Crippen LogP) is 2.38. The maximum absolute atomic E-state index is 11.9. The Bertz CT molecular complexity index is 391. The third-order valence-electron chi connectivity index (χ3n) is 1.95. The van der Waals surface area contributed by atoms with E-state index in [-0.39, 0.29) is 17.2 Å². The van der Waals surface area contributed by atoms with Crippen LogP contribution in [0.15, 0.2) is 12.1 Å². The lowest BCUT2D eigenvalue weighted by Gasteiger charge is -2.10. The van der Waals surface area contributed by atoms with Crippen molar-refractivity contribution in [3.8, 4) is 5.75 Å². The molecule has 0 aliphatic carbocycles. The van der Waals surface area contributed by atoms with Crippen molar-refractivity contribution in [3.63, 3.8) is 0 Å². The summed E-state index contributed by atoms with van der Waals surface area (Å²) in [6.45, 7) is 0.0964. The highest BCUT2D eigenvalue weighted by molar-refractivity contribution is 5.96. The van der Waals surface area contributed by atoms with Crippen LogP contribution in [0.1, 0.15) is 22.8 Å². The van der Waals surface area contributed by atoms with Crippen LogP contribution < -0.4 is 10.5 Å². The number of anilines is 1. The summed E-state index contributed by atoms with van der Waals surface area (Å²) in [4.78, 5) is 11.1. The van der Waals surface area contributed by atoms with Crippen LogP contribution in [0, 0.1) is 6.92 Å². The normalized spacial score (nSPS) is 10.5. The maximum Gasteiger partial charge on any atom is 0.387 e. The van der Waals surface area contributed by atoms with E-state index in [2.05, 4.69) is 4.74 Å². The summed E-state index contributed by atoms with van der Waals surface area (Å²) >= 11 is 0. The predicted molar refractivity (Wildman–Crippen MR) is 52.2 cm³/mol. The number of hydrogen-bond acceptors (Lipinski definition) is 3. The van der Waals surface area contributed by atoms with E-state index >= 15 is 0 Å². The van der Waals surface area contributed by atoms with Crippen LogP contribution in [-0.2, 0) is 0 Å². The van der Waals surface area contributed by atoms with E-state index < -0.39 is 6.61 Å². The molecule has 0 unspecified atom stereocenters. The van der Waals surface area contributed by atoms with Crippen LogP contribution in [0.5, 0.6) is 5.75 Å². The second-order valence-corrected chi connectivity index (χ2v) is 3.14. The number of carbonyl (C=O) groups is 1. The lowest BCUT2D eigenvalue weighted by atomic mass is 10.0. The molecule has 0 aliphatic heterocycles. The second-order valence-electron chi connectivity index (χ2n) is 3.14. The molecular formula is C10H11F2NO2. The van der Waals surface area contributed by atoms with Gasteiger partial charge in [0.2, 0.25) is 0 Å². The van der Waals surface area contributed by atoms with Gasteiger partial charge >= 0.3 is 6.61 Å². The van der Waals surface area contributed by atoms with Crippen LogP contribution in [0.3, 0.4) is 0 Å². The van der Waals surface area contributed by atoms with Crippen LogP contribution >= 0.6 is 0 Å². The van der Waals surface area contributed by atoms with E-state index in [0.29, 0.717) is 11.1 Å². The molecule has 82 valence electrons.